The first-order valence-electron chi connectivity index (χ1n) is 7.15. The number of aryl methyl sites for hydroxylation is 1. The fourth-order valence-electron chi connectivity index (χ4n) is 2.90. The first-order chi connectivity index (χ1) is 8.66. The van der Waals surface area contributed by atoms with Gasteiger partial charge in [-0.1, -0.05) is 31.4 Å². The van der Waals surface area contributed by atoms with Crippen LogP contribution < -0.4 is 5.32 Å². The van der Waals surface area contributed by atoms with Crippen molar-refractivity contribution in [2.45, 2.75) is 58.5 Å². The zero-order valence-corrected chi connectivity index (χ0v) is 11.5. The van der Waals surface area contributed by atoms with E-state index >= 15 is 0 Å². The quantitative estimate of drug-likeness (QED) is 0.843. The van der Waals surface area contributed by atoms with Crippen molar-refractivity contribution < 1.29 is 4.39 Å². The molecule has 0 unspecified atom stereocenters. The van der Waals surface area contributed by atoms with E-state index < -0.39 is 0 Å². The standard InChI is InChI=1S/C16H24FN/c1-12-10-14(8-9-16(12)17)11-18-13(2)15-6-4-3-5-7-15/h8-10,13,15,18H,3-7,11H2,1-2H3/t13-/m0/s1. The third kappa shape index (κ3) is 3.55. The second-order valence-corrected chi connectivity index (χ2v) is 5.65. The van der Waals surface area contributed by atoms with E-state index in [1.165, 1.54) is 37.7 Å². The van der Waals surface area contributed by atoms with Gasteiger partial charge in [0.2, 0.25) is 0 Å². The summed E-state index contributed by atoms with van der Waals surface area (Å²) in [5.41, 5.74) is 1.91. The Labute approximate surface area is 110 Å². The summed E-state index contributed by atoms with van der Waals surface area (Å²) in [7, 11) is 0. The zero-order chi connectivity index (χ0) is 13.0. The molecule has 0 radical (unpaired) electrons. The maximum atomic E-state index is 13.2. The number of nitrogens with one attached hydrogen (secondary N) is 1. The number of rotatable bonds is 4. The Bertz CT molecular complexity index is 383. The zero-order valence-electron chi connectivity index (χ0n) is 11.5. The van der Waals surface area contributed by atoms with E-state index in [2.05, 4.69) is 12.2 Å². The second-order valence-electron chi connectivity index (χ2n) is 5.65. The molecule has 1 atom stereocenters. The molecule has 1 aliphatic rings. The maximum absolute atomic E-state index is 13.2. The predicted molar refractivity (Wildman–Crippen MR) is 74.0 cm³/mol. The lowest BCUT2D eigenvalue weighted by molar-refractivity contribution is 0.280. The highest BCUT2D eigenvalue weighted by atomic mass is 19.1. The molecule has 0 bridgehead atoms. The number of benzene rings is 1. The second kappa shape index (κ2) is 6.33. The monoisotopic (exact) mass is 249 g/mol. The van der Waals surface area contributed by atoms with E-state index in [4.69, 9.17) is 0 Å². The molecule has 0 heterocycles. The molecule has 0 aromatic heterocycles. The van der Waals surface area contributed by atoms with Crippen molar-refractivity contribution in [3.05, 3.63) is 35.1 Å². The fraction of sp³-hybridized carbons (Fsp3) is 0.625. The van der Waals surface area contributed by atoms with Gasteiger partial charge in [0.05, 0.1) is 0 Å². The van der Waals surface area contributed by atoms with Crippen LogP contribution in [0.15, 0.2) is 18.2 Å². The predicted octanol–water partition coefficient (Wildman–Crippen LogP) is 4.19. The van der Waals surface area contributed by atoms with Gasteiger partial charge in [-0.3, -0.25) is 0 Å². The topological polar surface area (TPSA) is 12.0 Å². The van der Waals surface area contributed by atoms with Crippen LogP contribution in [0.25, 0.3) is 0 Å². The van der Waals surface area contributed by atoms with Gasteiger partial charge in [0.25, 0.3) is 0 Å². The van der Waals surface area contributed by atoms with Crippen LogP contribution in [0.2, 0.25) is 0 Å². The molecule has 1 saturated carbocycles. The maximum Gasteiger partial charge on any atom is 0.126 e. The van der Waals surface area contributed by atoms with Crippen molar-refractivity contribution in [3.63, 3.8) is 0 Å². The molecule has 18 heavy (non-hydrogen) atoms. The van der Waals surface area contributed by atoms with Crippen LogP contribution in [-0.2, 0) is 6.54 Å². The lowest BCUT2D eigenvalue weighted by Gasteiger charge is -2.28. The normalized spacial score (nSPS) is 18.8. The summed E-state index contributed by atoms with van der Waals surface area (Å²) < 4.78 is 13.2. The molecule has 1 aliphatic carbocycles. The van der Waals surface area contributed by atoms with Crippen molar-refractivity contribution in [2.24, 2.45) is 5.92 Å². The molecular weight excluding hydrogens is 225 g/mol. The molecule has 0 amide bonds. The third-order valence-electron chi connectivity index (χ3n) is 4.21. The summed E-state index contributed by atoms with van der Waals surface area (Å²) >= 11 is 0. The van der Waals surface area contributed by atoms with E-state index in [9.17, 15) is 4.39 Å². The highest BCUT2D eigenvalue weighted by Crippen LogP contribution is 2.26. The van der Waals surface area contributed by atoms with Gasteiger partial charge in [0.1, 0.15) is 5.82 Å². The fourth-order valence-corrected chi connectivity index (χ4v) is 2.90. The van der Waals surface area contributed by atoms with Crippen LogP contribution in [0.5, 0.6) is 0 Å². The average Bonchev–Trinajstić information content (AvgIpc) is 2.41. The van der Waals surface area contributed by atoms with Crippen LogP contribution >= 0.6 is 0 Å². The van der Waals surface area contributed by atoms with Gasteiger partial charge in [-0.15, -0.1) is 0 Å². The molecule has 1 fully saturated rings. The summed E-state index contributed by atoms with van der Waals surface area (Å²) in [6, 6.07) is 5.95. The Morgan fingerprint density at radius 2 is 2.00 bits per heavy atom. The van der Waals surface area contributed by atoms with Crippen LogP contribution in [-0.4, -0.2) is 6.04 Å². The number of halogens is 1. The Morgan fingerprint density at radius 3 is 2.67 bits per heavy atom. The molecule has 1 nitrogen and oxygen atoms in total. The van der Waals surface area contributed by atoms with E-state index in [0.717, 1.165) is 18.0 Å². The first kappa shape index (κ1) is 13.5. The summed E-state index contributed by atoms with van der Waals surface area (Å²) in [6.07, 6.45) is 6.88. The molecule has 0 spiro atoms. The Hall–Kier alpha value is -0.890. The van der Waals surface area contributed by atoms with Crippen molar-refractivity contribution >= 4 is 0 Å². The molecular formula is C16H24FN. The Kier molecular flexibility index (Phi) is 4.76. The number of hydrogen-bond donors (Lipinski definition) is 1. The van der Waals surface area contributed by atoms with Crippen molar-refractivity contribution in [1.29, 1.82) is 0 Å². The SMILES string of the molecule is Cc1cc(CN[C@@H](C)C2CCCCC2)ccc1F. The van der Waals surface area contributed by atoms with Crippen molar-refractivity contribution in [2.75, 3.05) is 0 Å². The van der Waals surface area contributed by atoms with Gasteiger partial charge in [-0.2, -0.15) is 0 Å². The summed E-state index contributed by atoms with van der Waals surface area (Å²) in [6.45, 7) is 4.95. The van der Waals surface area contributed by atoms with Crippen LogP contribution in [0.4, 0.5) is 4.39 Å². The van der Waals surface area contributed by atoms with Gasteiger partial charge >= 0.3 is 0 Å². The van der Waals surface area contributed by atoms with Gasteiger partial charge in [0, 0.05) is 12.6 Å². The smallest absolute Gasteiger partial charge is 0.126 e. The van der Waals surface area contributed by atoms with Gasteiger partial charge in [-0.25, -0.2) is 4.39 Å². The highest BCUT2D eigenvalue weighted by Gasteiger charge is 2.19. The third-order valence-corrected chi connectivity index (χ3v) is 4.21. The van der Waals surface area contributed by atoms with Gasteiger partial charge in [-0.05, 0) is 49.8 Å². The minimum atomic E-state index is -0.112. The van der Waals surface area contributed by atoms with Crippen molar-refractivity contribution in [1.82, 2.24) is 5.32 Å². The molecule has 2 rings (SSSR count). The van der Waals surface area contributed by atoms with E-state index in [-0.39, 0.29) is 5.82 Å². The van der Waals surface area contributed by atoms with E-state index in [0.29, 0.717) is 6.04 Å². The van der Waals surface area contributed by atoms with Crippen LogP contribution in [0.3, 0.4) is 0 Å². The Morgan fingerprint density at radius 1 is 1.28 bits per heavy atom. The summed E-state index contributed by atoms with van der Waals surface area (Å²) in [4.78, 5) is 0. The average molecular weight is 249 g/mol. The Balaban J connectivity index is 1.84. The summed E-state index contributed by atoms with van der Waals surface area (Å²) in [5, 5.41) is 3.59. The van der Waals surface area contributed by atoms with Crippen molar-refractivity contribution in [3.8, 4) is 0 Å². The molecule has 1 aromatic carbocycles. The van der Waals surface area contributed by atoms with Crippen LogP contribution in [0, 0.1) is 18.7 Å². The minimum absolute atomic E-state index is 0.112. The van der Waals surface area contributed by atoms with Crippen LogP contribution in [0.1, 0.15) is 50.2 Å². The summed E-state index contributed by atoms with van der Waals surface area (Å²) in [5.74, 6) is 0.708. The van der Waals surface area contributed by atoms with Gasteiger partial charge in [0.15, 0.2) is 0 Å². The molecule has 2 heteroatoms. The van der Waals surface area contributed by atoms with E-state index in [1.54, 1.807) is 6.07 Å². The number of hydrogen-bond acceptors (Lipinski definition) is 1. The largest absolute Gasteiger partial charge is 0.310 e. The first-order valence-corrected chi connectivity index (χ1v) is 7.15. The molecule has 1 aromatic rings. The minimum Gasteiger partial charge on any atom is -0.310 e. The molecule has 1 N–H and O–H groups in total. The van der Waals surface area contributed by atoms with E-state index in [1.807, 2.05) is 19.1 Å². The highest BCUT2D eigenvalue weighted by molar-refractivity contribution is 5.23. The lowest BCUT2D eigenvalue weighted by Crippen LogP contribution is -2.34. The molecule has 0 aliphatic heterocycles. The molecule has 100 valence electrons. The van der Waals surface area contributed by atoms with Gasteiger partial charge < -0.3 is 5.32 Å². The lowest BCUT2D eigenvalue weighted by atomic mass is 9.84. The molecule has 0 saturated heterocycles.